The molecule has 5 nitrogen and oxygen atoms in total. The van der Waals surface area contributed by atoms with E-state index in [4.69, 9.17) is 14.2 Å². The van der Waals surface area contributed by atoms with Crippen molar-refractivity contribution < 1.29 is 14.2 Å². The summed E-state index contributed by atoms with van der Waals surface area (Å²) in [5, 5.41) is 6.35. The summed E-state index contributed by atoms with van der Waals surface area (Å²) < 4.78 is 15.8. The Hall–Kier alpha value is -2.25. The van der Waals surface area contributed by atoms with Crippen molar-refractivity contribution in [2.24, 2.45) is 0 Å². The standard InChI is InChI=1S/C20H22N2O3S.BrH/c1-23-16-7-5-15(6-8-16)17-13-26-20(22-17)21-11-10-14-4-9-18(24-2)19(12-14)25-3;/h4-9,12-13H,10-11H2,1-3H3,(H,21,22);1H. The lowest BCUT2D eigenvalue weighted by molar-refractivity contribution is 0.354. The minimum Gasteiger partial charge on any atom is -0.497 e. The molecule has 0 aliphatic heterocycles. The topological polar surface area (TPSA) is 52.6 Å². The summed E-state index contributed by atoms with van der Waals surface area (Å²) in [6.45, 7) is 0.797. The smallest absolute Gasteiger partial charge is 0.183 e. The molecular weight excluding hydrogens is 428 g/mol. The van der Waals surface area contributed by atoms with Gasteiger partial charge in [0.15, 0.2) is 16.6 Å². The fourth-order valence-electron chi connectivity index (χ4n) is 2.60. The number of ether oxygens (including phenoxy) is 3. The number of nitrogens with zero attached hydrogens (tertiary/aromatic N) is 1. The molecule has 7 heteroatoms. The number of anilines is 1. The van der Waals surface area contributed by atoms with Crippen molar-refractivity contribution in [3.05, 3.63) is 53.4 Å². The van der Waals surface area contributed by atoms with Crippen molar-refractivity contribution in [3.63, 3.8) is 0 Å². The molecule has 1 heterocycles. The third-order valence-electron chi connectivity index (χ3n) is 4.03. The Bertz CT molecular complexity index is 853. The van der Waals surface area contributed by atoms with E-state index in [-0.39, 0.29) is 17.0 Å². The highest BCUT2D eigenvalue weighted by atomic mass is 79.9. The molecule has 0 aliphatic carbocycles. The number of hydrogen-bond donors (Lipinski definition) is 1. The lowest BCUT2D eigenvalue weighted by atomic mass is 10.1. The van der Waals surface area contributed by atoms with Gasteiger partial charge in [0.05, 0.1) is 27.0 Å². The second-order valence-corrected chi connectivity index (χ2v) is 6.49. The molecule has 0 unspecified atom stereocenters. The maximum Gasteiger partial charge on any atom is 0.183 e. The molecule has 0 atom stereocenters. The van der Waals surface area contributed by atoms with E-state index in [0.717, 1.165) is 46.6 Å². The maximum atomic E-state index is 5.35. The van der Waals surface area contributed by atoms with E-state index in [2.05, 4.69) is 15.7 Å². The summed E-state index contributed by atoms with van der Waals surface area (Å²) in [6, 6.07) is 13.9. The molecule has 0 amide bonds. The molecule has 0 bridgehead atoms. The molecular formula is C20H23BrN2O3S. The molecule has 0 spiro atoms. The van der Waals surface area contributed by atoms with Gasteiger partial charge < -0.3 is 19.5 Å². The molecule has 0 aliphatic rings. The van der Waals surface area contributed by atoms with Crippen LogP contribution in [0.3, 0.4) is 0 Å². The van der Waals surface area contributed by atoms with E-state index < -0.39 is 0 Å². The van der Waals surface area contributed by atoms with Gasteiger partial charge in [-0.05, 0) is 48.4 Å². The molecule has 0 radical (unpaired) electrons. The zero-order valence-electron chi connectivity index (χ0n) is 15.5. The zero-order valence-corrected chi connectivity index (χ0v) is 18.1. The average Bonchev–Trinajstić information content (AvgIpc) is 3.16. The van der Waals surface area contributed by atoms with Gasteiger partial charge in [-0.25, -0.2) is 4.98 Å². The number of rotatable bonds is 8. The van der Waals surface area contributed by atoms with Crippen LogP contribution in [-0.4, -0.2) is 32.9 Å². The van der Waals surface area contributed by atoms with Crippen LogP contribution >= 0.6 is 28.3 Å². The van der Waals surface area contributed by atoms with Crippen LogP contribution in [0.25, 0.3) is 11.3 Å². The van der Waals surface area contributed by atoms with E-state index >= 15 is 0 Å². The van der Waals surface area contributed by atoms with Gasteiger partial charge in [-0.1, -0.05) is 6.07 Å². The summed E-state index contributed by atoms with van der Waals surface area (Å²) in [5.74, 6) is 2.34. The predicted molar refractivity (Wildman–Crippen MR) is 116 cm³/mol. The van der Waals surface area contributed by atoms with Crippen LogP contribution in [0.2, 0.25) is 0 Å². The molecule has 144 valence electrons. The van der Waals surface area contributed by atoms with Gasteiger partial charge in [0, 0.05) is 17.5 Å². The molecule has 3 rings (SSSR count). The number of thiazole rings is 1. The van der Waals surface area contributed by atoms with Gasteiger partial charge in [-0.3, -0.25) is 0 Å². The van der Waals surface area contributed by atoms with Crippen molar-refractivity contribution in [2.75, 3.05) is 33.2 Å². The Balaban J connectivity index is 0.00000261. The highest BCUT2D eigenvalue weighted by Crippen LogP contribution is 2.28. The second-order valence-electron chi connectivity index (χ2n) is 5.63. The lowest BCUT2D eigenvalue weighted by Gasteiger charge is -2.09. The fraction of sp³-hybridized carbons (Fsp3) is 0.250. The third-order valence-corrected chi connectivity index (χ3v) is 4.83. The summed E-state index contributed by atoms with van der Waals surface area (Å²) >= 11 is 1.61. The summed E-state index contributed by atoms with van der Waals surface area (Å²) in [7, 11) is 4.95. The predicted octanol–water partition coefficient (Wildman–Crippen LogP) is 5.07. The van der Waals surface area contributed by atoms with Crippen LogP contribution in [-0.2, 0) is 6.42 Å². The molecule has 2 aromatic carbocycles. The van der Waals surface area contributed by atoms with Crippen molar-refractivity contribution in [1.82, 2.24) is 4.98 Å². The van der Waals surface area contributed by atoms with Crippen molar-refractivity contribution in [2.45, 2.75) is 6.42 Å². The quantitative estimate of drug-likeness (QED) is 0.519. The largest absolute Gasteiger partial charge is 0.497 e. The Labute approximate surface area is 174 Å². The minimum atomic E-state index is 0. The first-order chi connectivity index (χ1) is 12.7. The SMILES string of the molecule is Br.COc1ccc(-c2csc(NCCc3ccc(OC)c(OC)c3)n2)cc1. The van der Waals surface area contributed by atoms with Gasteiger partial charge in [-0.15, -0.1) is 28.3 Å². The number of hydrogen-bond acceptors (Lipinski definition) is 6. The molecule has 0 fully saturated rings. The van der Waals surface area contributed by atoms with Gasteiger partial charge in [0.1, 0.15) is 5.75 Å². The van der Waals surface area contributed by atoms with Crippen LogP contribution in [0.15, 0.2) is 47.8 Å². The average molecular weight is 451 g/mol. The van der Waals surface area contributed by atoms with Crippen LogP contribution < -0.4 is 19.5 Å². The molecule has 27 heavy (non-hydrogen) atoms. The van der Waals surface area contributed by atoms with E-state index in [0.29, 0.717) is 0 Å². The van der Waals surface area contributed by atoms with Crippen LogP contribution in [0, 0.1) is 0 Å². The van der Waals surface area contributed by atoms with Crippen molar-refractivity contribution in [1.29, 1.82) is 0 Å². The van der Waals surface area contributed by atoms with Crippen molar-refractivity contribution >= 4 is 33.4 Å². The molecule has 0 saturated heterocycles. The number of aromatic nitrogens is 1. The van der Waals surface area contributed by atoms with Gasteiger partial charge >= 0.3 is 0 Å². The zero-order chi connectivity index (χ0) is 18.4. The number of nitrogens with one attached hydrogen (secondary N) is 1. The number of methoxy groups -OCH3 is 3. The first-order valence-electron chi connectivity index (χ1n) is 8.28. The number of halogens is 1. The van der Waals surface area contributed by atoms with Crippen LogP contribution in [0.5, 0.6) is 17.2 Å². The van der Waals surface area contributed by atoms with Crippen LogP contribution in [0.4, 0.5) is 5.13 Å². The Morgan fingerprint density at radius 2 is 1.67 bits per heavy atom. The Kier molecular flexibility index (Phi) is 7.94. The van der Waals surface area contributed by atoms with Gasteiger partial charge in [0.2, 0.25) is 0 Å². The van der Waals surface area contributed by atoms with E-state index in [1.807, 2.05) is 42.5 Å². The maximum absolute atomic E-state index is 5.35. The lowest BCUT2D eigenvalue weighted by Crippen LogP contribution is -2.05. The Morgan fingerprint density at radius 3 is 2.33 bits per heavy atom. The van der Waals surface area contributed by atoms with E-state index in [1.54, 1.807) is 32.7 Å². The highest BCUT2D eigenvalue weighted by Gasteiger charge is 2.06. The monoisotopic (exact) mass is 450 g/mol. The van der Waals surface area contributed by atoms with E-state index in [9.17, 15) is 0 Å². The van der Waals surface area contributed by atoms with Gasteiger partial charge in [-0.2, -0.15) is 0 Å². The number of benzene rings is 2. The molecule has 1 aromatic heterocycles. The molecule has 3 aromatic rings. The van der Waals surface area contributed by atoms with E-state index in [1.165, 1.54) is 5.56 Å². The fourth-order valence-corrected chi connectivity index (χ4v) is 3.35. The third kappa shape index (κ3) is 5.37. The minimum absolute atomic E-state index is 0. The summed E-state index contributed by atoms with van der Waals surface area (Å²) in [4.78, 5) is 4.65. The van der Waals surface area contributed by atoms with Crippen molar-refractivity contribution in [3.8, 4) is 28.5 Å². The highest BCUT2D eigenvalue weighted by molar-refractivity contribution is 8.93. The molecule has 1 N–H and O–H groups in total. The summed E-state index contributed by atoms with van der Waals surface area (Å²) in [5.41, 5.74) is 3.23. The van der Waals surface area contributed by atoms with Crippen LogP contribution in [0.1, 0.15) is 5.56 Å². The summed E-state index contributed by atoms with van der Waals surface area (Å²) in [6.07, 6.45) is 0.873. The molecule has 0 saturated carbocycles. The Morgan fingerprint density at radius 1 is 0.926 bits per heavy atom. The first kappa shape index (κ1) is 21.1. The normalized spacial score (nSPS) is 10.0. The first-order valence-corrected chi connectivity index (χ1v) is 9.16. The van der Waals surface area contributed by atoms with Gasteiger partial charge in [0.25, 0.3) is 0 Å². The second kappa shape index (κ2) is 10.2.